The second-order valence-corrected chi connectivity index (χ2v) is 5.57. The summed E-state index contributed by atoms with van der Waals surface area (Å²) in [6.45, 7) is 4.02. The van der Waals surface area contributed by atoms with Gasteiger partial charge in [0.15, 0.2) is 0 Å². The average Bonchev–Trinajstić information content (AvgIpc) is 2.38. The van der Waals surface area contributed by atoms with Crippen LogP contribution in [0.3, 0.4) is 0 Å². The van der Waals surface area contributed by atoms with Crippen molar-refractivity contribution >= 4 is 5.97 Å². The molecule has 0 radical (unpaired) electrons. The number of rotatable bonds is 12. The molecular formula is C15H30O4. The van der Waals surface area contributed by atoms with Gasteiger partial charge >= 0.3 is 5.97 Å². The Morgan fingerprint density at radius 3 is 2.21 bits per heavy atom. The number of ether oxygens (including phenoxy) is 1. The minimum atomic E-state index is -0.954. The van der Waals surface area contributed by atoms with Crippen LogP contribution in [0.15, 0.2) is 0 Å². The Kier molecular flexibility index (Phi) is 12.0. The number of unbranched alkanes of at least 4 members (excludes halogenated alkanes) is 5. The van der Waals surface area contributed by atoms with Crippen LogP contribution in [0.4, 0.5) is 0 Å². The molecule has 0 saturated carbocycles. The molecule has 0 aliphatic rings. The van der Waals surface area contributed by atoms with E-state index < -0.39 is 6.10 Å². The molecule has 0 aliphatic carbocycles. The summed E-state index contributed by atoms with van der Waals surface area (Å²) >= 11 is 0. The minimum Gasteiger partial charge on any atom is -0.463 e. The molecule has 0 fully saturated rings. The van der Waals surface area contributed by atoms with Gasteiger partial charge in [-0.15, -0.1) is 0 Å². The molecule has 0 spiro atoms. The Hall–Kier alpha value is -0.610. The van der Waals surface area contributed by atoms with Gasteiger partial charge in [0, 0.05) is 6.42 Å². The van der Waals surface area contributed by atoms with Crippen LogP contribution in [-0.4, -0.2) is 35.5 Å². The van der Waals surface area contributed by atoms with Crippen LogP contribution in [0, 0.1) is 5.92 Å². The topological polar surface area (TPSA) is 66.8 Å². The molecule has 0 heterocycles. The van der Waals surface area contributed by atoms with Crippen LogP contribution in [0.1, 0.15) is 65.2 Å². The van der Waals surface area contributed by atoms with E-state index in [1.165, 1.54) is 32.1 Å². The summed E-state index contributed by atoms with van der Waals surface area (Å²) in [7, 11) is 0. The Balaban J connectivity index is 3.23. The molecule has 0 rings (SSSR count). The van der Waals surface area contributed by atoms with Gasteiger partial charge in [-0.3, -0.25) is 4.79 Å². The third kappa shape index (κ3) is 13.6. The fourth-order valence-corrected chi connectivity index (χ4v) is 1.84. The highest BCUT2D eigenvalue weighted by Gasteiger charge is 2.07. The van der Waals surface area contributed by atoms with E-state index in [0.29, 0.717) is 6.42 Å². The van der Waals surface area contributed by atoms with Gasteiger partial charge in [-0.1, -0.05) is 52.4 Å². The molecule has 1 atom stereocenters. The fourth-order valence-electron chi connectivity index (χ4n) is 1.84. The maximum atomic E-state index is 11.3. The lowest BCUT2D eigenvalue weighted by Crippen LogP contribution is -2.21. The van der Waals surface area contributed by atoms with Crippen molar-refractivity contribution in [3.05, 3.63) is 0 Å². The first-order valence-corrected chi connectivity index (χ1v) is 7.50. The van der Waals surface area contributed by atoms with Gasteiger partial charge in [-0.25, -0.2) is 0 Å². The Morgan fingerprint density at radius 1 is 1.05 bits per heavy atom. The molecule has 19 heavy (non-hydrogen) atoms. The van der Waals surface area contributed by atoms with E-state index in [0.717, 1.165) is 18.8 Å². The zero-order valence-electron chi connectivity index (χ0n) is 12.4. The van der Waals surface area contributed by atoms with E-state index in [9.17, 15) is 4.79 Å². The normalized spacial score (nSPS) is 12.7. The van der Waals surface area contributed by atoms with Crippen molar-refractivity contribution in [2.75, 3.05) is 13.2 Å². The fraction of sp³-hybridized carbons (Fsp3) is 0.933. The van der Waals surface area contributed by atoms with Crippen LogP contribution in [-0.2, 0) is 9.53 Å². The van der Waals surface area contributed by atoms with Gasteiger partial charge in [-0.2, -0.15) is 0 Å². The molecule has 2 N–H and O–H groups in total. The molecule has 0 saturated heterocycles. The quantitative estimate of drug-likeness (QED) is 0.424. The summed E-state index contributed by atoms with van der Waals surface area (Å²) in [5.74, 6) is 0.511. The highest BCUT2D eigenvalue weighted by Crippen LogP contribution is 2.12. The smallest absolute Gasteiger partial charge is 0.305 e. The summed E-state index contributed by atoms with van der Waals surface area (Å²) in [6, 6.07) is 0. The molecule has 0 aliphatic heterocycles. The number of carbonyl (C=O) groups is 1. The third-order valence-corrected chi connectivity index (χ3v) is 3.06. The maximum Gasteiger partial charge on any atom is 0.305 e. The van der Waals surface area contributed by atoms with E-state index in [1.807, 2.05) is 0 Å². The number of esters is 1. The number of aliphatic hydroxyl groups is 2. The van der Waals surface area contributed by atoms with Crippen molar-refractivity contribution in [1.29, 1.82) is 0 Å². The maximum absolute atomic E-state index is 11.3. The number of hydrogen-bond donors (Lipinski definition) is 2. The van der Waals surface area contributed by atoms with Crippen molar-refractivity contribution in [3.63, 3.8) is 0 Å². The van der Waals surface area contributed by atoms with Crippen molar-refractivity contribution < 1.29 is 19.7 Å². The Labute approximate surface area is 117 Å². The zero-order chi connectivity index (χ0) is 14.5. The van der Waals surface area contributed by atoms with Crippen molar-refractivity contribution in [1.82, 2.24) is 0 Å². The van der Waals surface area contributed by atoms with Gasteiger partial charge in [0.1, 0.15) is 12.7 Å². The van der Waals surface area contributed by atoms with E-state index in [4.69, 9.17) is 14.9 Å². The van der Waals surface area contributed by atoms with Crippen LogP contribution >= 0.6 is 0 Å². The molecule has 0 aromatic heterocycles. The zero-order valence-corrected chi connectivity index (χ0v) is 12.4. The number of aliphatic hydroxyl groups excluding tert-OH is 2. The van der Waals surface area contributed by atoms with Gasteiger partial charge < -0.3 is 14.9 Å². The molecule has 0 amide bonds. The lowest BCUT2D eigenvalue weighted by Gasteiger charge is -2.08. The van der Waals surface area contributed by atoms with E-state index in [1.54, 1.807) is 0 Å². The highest BCUT2D eigenvalue weighted by molar-refractivity contribution is 5.69. The van der Waals surface area contributed by atoms with Crippen LogP contribution in [0.25, 0.3) is 0 Å². The van der Waals surface area contributed by atoms with Crippen LogP contribution in [0.2, 0.25) is 0 Å². The van der Waals surface area contributed by atoms with E-state index in [-0.39, 0.29) is 19.2 Å². The summed E-state index contributed by atoms with van der Waals surface area (Å²) in [4.78, 5) is 11.3. The van der Waals surface area contributed by atoms with Gasteiger partial charge in [0.25, 0.3) is 0 Å². The first-order valence-electron chi connectivity index (χ1n) is 7.50. The molecule has 0 aromatic rings. The molecule has 0 aromatic carbocycles. The Bertz CT molecular complexity index is 216. The predicted molar refractivity (Wildman–Crippen MR) is 75.8 cm³/mol. The average molecular weight is 274 g/mol. The van der Waals surface area contributed by atoms with Gasteiger partial charge in [0.2, 0.25) is 0 Å². The first kappa shape index (κ1) is 18.4. The summed E-state index contributed by atoms with van der Waals surface area (Å²) in [5, 5.41) is 17.6. The first-order chi connectivity index (χ1) is 9.06. The third-order valence-electron chi connectivity index (χ3n) is 3.06. The molecule has 4 heteroatoms. The molecular weight excluding hydrogens is 244 g/mol. The SMILES string of the molecule is CC(C)CCCCCCCCC(=O)OC[C@H](O)CO. The second kappa shape index (κ2) is 12.4. The van der Waals surface area contributed by atoms with Gasteiger partial charge in [0.05, 0.1) is 6.61 Å². The van der Waals surface area contributed by atoms with Crippen molar-refractivity contribution in [3.8, 4) is 0 Å². The Morgan fingerprint density at radius 2 is 1.63 bits per heavy atom. The largest absolute Gasteiger partial charge is 0.463 e. The van der Waals surface area contributed by atoms with Crippen LogP contribution in [0.5, 0.6) is 0 Å². The summed E-state index contributed by atoms with van der Waals surface area (Å²) < 4.78 is 4.82. The predicted octanol–water partition coefficient (Wildman–Crippen LogP) is 2.66. The van der Waals surface area contributed by atoms with E-state index >= 15 is 0 Å². The second-order valence-electron chi connectivity index (χ2n) is 5.57. The number of carbonyl (C=O) groups excluding carboxylic acids is 1. The summed E-state index contributed by atoms with van der Waals surface area (Å²) in [6.07, 6.45) is 7.66. The monoisotopic (exact) mass is 274 g/mol. The lowest BCUT2D eigenvalue weighted by atomic mass is 10.0. The molecule has 0 bridgehead atoms. The molecule has 4 nitrogen and oxygen atoms in total. The van der Waals surface area contributed by atoms with Crippen molar-refractivity contribution in [2.24, 2.45) is 5.92 Å². The highest BCUT2D eigenvalue weighted by atomic mass is 16.5. The molecule has 0 unspecified atom stereocenters. The lowest BCUT2D eigenvalue weighted by molar-refractivity contribution is -0.147. The minimum absolute atomic E-state index is 0.107. The number of hydrogen-bond acceptors (Lipinski definition) is 4. The van der Waals surface area contributed by atoms with Crippen molar-refractivity contribution in [2.45, 2.75) is 71.3 Å². The van der Waals surface area contributed by atoms with Gasteiger partial charge in [-0.05, 0) is 12.3 Å². The van der Waals surface area contributed by atoms with E-state index in [2.05, 4.69) is 13.8 Å². The summed E-state index contributed by atoms with van der Waals surface area (Å²) in [5.41, 5.74) is 0. The standard InChI is InChI=1S/C15H30O4/c1-13(2)9-7-5-3-4-6-8-10-15(18)19-12-14(17)11-16/h13-14,16-17H,3-12H2,1-2H3/t14-/m1/s1. The van der Waals surface area contributed by atoms with Crippen LogP contribution < -0.4 is 0 Å². The molecule has 114 valence electrons.